The Morgan fingerprint density at radius 3 is 1.42 bits per heavy atom. The molecule has 0 bridgehead atoms. The van der Waals surface area contributed by atoms with Gasteiger partial charge in [-0.25, -0.2) is 0 Å². The van der Waals surface area contributed by atoms with Gasteiger partial charge in [-0.3, -0.25) is 0 Å². The lowest BCUT2D eigenvalue weighted by molar-refractivity contribution is 0.673. The molecule has 0 fully saturated rings. The van der Waals surface area contributed by atoms with E-state index in [-0.39, 0.29) is 0 Å². The molecule has 3 nitrogen and oxygen atoms in total. The minimum atomic E-state index is 0.894. The summed E-state index contributed by atoms with van der Waals surface area (Å²) in [6.07, 6.45) is 0. The first kappa shape index (κ1) is 38.5. The Kier molecular flexibility index (Phi) is 9.17. The van der Waals surface area contributed by atoms with Crippen LogP contribution in [0.3, 0.4) is 0 Å². The molecular weight excluding hydrogens is 813 g/mol. The van der Waals surface area contributed by atoms with Crippen molar-refractivity contribution in [1.29, 1.82) is 0 Å². The van der Waals surface area contributed by atoms with E-state index < -0.39 is 0 Å². The van der Waals surface area contributed by atoms with E-state index in [2.05, 4.69) is 264 Å². The van der Waals surface area contributed by atoms with Crippen LogP contribution < -0.4 is 4.90 Å². The van der Waals surface area contributed by atoms with Crippen molar-refractivity contribution in [3.63, 3.8) is 0 Å². The first-order valence-corrected chi connectivity index (χ1v) is 22.9. The number of nitrogens with zero attached hydrogens (tertiary/aromatic N) is 2. The molecule has 314 valence electrons. The highest BCUT2D eigenvalue weighted by Gasteiger charge is 2.18. The second-order valence-electron chi connectivity index (χ2n) is 17.3. The Morgan fingerprint density at radius 2 is 0.791 bits per heavy atom. The standard InChI is InChI=1S/C64H42N2O/c1-2-12-43(13-3-1)44-24-26-45(27-25-44)46-28-35-51(36-29-46)65(53-39-32-49(33-40-53)55-20-11-23-62-63(55)59-41-34-48-14-4-5-17-56(48)64(59)67-62)52-37-30-47(31-38-52)50-15-10-16-54(42-50)66-60-21-8-6-18-57(60)58-19-7-9-22-61(58)66/h1-42H. The summed E-state index contributed by atoms with van der Waals surface area (Å²) in [5.74, 6) is 0. The molecule has 0 amide bonds. The maximum absolute atomic E-state index is 6.56. The van der Waals surface area contributed by atoms with E-state index in [4.69, 9.17) is 4.42 Å². The quantitative estimate of drug-likeness (QED) is 0.152. The van der Waals surface area contributed by atoms with Gasteiger partial charge in [0, 0.05) is 49.7 Å². The molecule has 0 spiro atoms. The number of furan rings is 1. The maximum atomic E-state index is 6.56. The van der Waals surface area contributed by atoms with Crippen molar-refractivity contribution in [2.75, 3.05) is 4.90 Å². The molecule has 3 heteroatoms. The Balaban J connectivity index is 0.875. The summed E-state index contributed by atoms with van der Waals surface area (Å²) in [4.78, 5) is 2.35. The minimum absolute atomic E-state index is 0.894. The second-order valence-corrected chi connectivity index (χ2v) is 17.3. The highest BCUT2D eigenvalue weighted by molar-refractivity contribution is 6.19. The van der Waals surface area contributed by atoms with Crippen molar-refractivity contribution in [2.24, 2.45) is 0 Å². The van der Waals surface area contributed by atoms with Crippen LogP contribution in [-0.4, -0.2) is 4.57 Å². The molecule has 2 aromatic heterocycles. The van der Waals surface area contributed by atoms with E-state index in [0.717, 1.165) is 66.8 Å². The summed E-state index contributed by atoms with van der Waals surface area (Å²) in [5.41, 5.74) is 18.0. The first-order valence-electron chi connectivity index (χ1n) is 22.9. The highest BCUT2D eigenvalue weighted by atomic mass is 16.3. The second kappa shape index (κ2) is 16.0. The normalized spacial score (nSPS) is 11.6. The number of fused-ring (bicyclic) bond motifs is 8. The lowest BCUT2D eigenvalue weighted by Gasteiger charge is -2.26. The molecular formula is C64H42N2O. The fourth-order valence-electron chi connectivity index (χ4n) is 10.1. The first-order chi connectivity index (χ1) is 33.2. The molecule has 13 aromatic rings. The lowest BCUT2D eigenvalue weighted by Crippen LogP contribution is -2.09. The van der Waals surface area contributed by atoms with Crippen molar-refractivity contribution in [2.45, 2.75) is 0 Å². The van der Waals surface area contributed by atoms with Gasteiger partial charge >= 0.3 is 0 Å². The van der Waals surface area contributed by atoms with Crippen LogP contribution in [0.25, 0.3) is 105 Å². The number of aromatic nitrogens is 1. The van der Waals surface area contributed by atoms with Crippen LogP contribution in [0.15, 0.2) is 259 Å². The fraction of sp³-hybridized carbons (Fsp3) is 0. The van der Waals surface area contributed by atoms with E-state index in [1.165, 1.54) is 55.0 Å². The van der Waals surface area contributed by atoms with Gasteiger partial charge in [0.1, 0.15) is 11.2 Å². The van der Waals surface area contributed by atoms with Gasteiger partial charge in [0.15, 0.2) is 0 Å². The zero-order valence-corrected chi connectivity index (χ0v) is 36.6. The summed E-state index contributed by atoms with van der Waals surface area (Å²) in [6, 6.07) is 91.8. The highest BCUT2D eigenvalue weighted by Crippen LogP contribution is 2.42. The van der Waals surface area contributed by atoms with Crippen LogP contribution in [0, 0.1) is 0 Å². The molecule has 0 radical (unpaired) electrons. The van der Waals surface area contributed by atoms with Crippen LogP contribution in [0.2, 0.25) is 0 Å². The largest absolute Gasteiger partial charge is 0.455 e. The number of para-hydroxylation sites is 2. The van der Waals surface area contributed by atoms with E-state index in [0.29, 0.717) is 0 Å². The van der Waals surface area contributed by atoms with E-state index in [1.54, 1.807) is 0 Å². The molecule has 0 aliphatic heterocycles. The molecule has 0 aliphatic rings. The molecule has 11 aromatic carbocycles. The summed E-state index contributed by atoms with van der Waals surface area (Å²) in [7, 11) is 0. The van der Waals surface area contributed by atoms with Crippen molar-refractivity contribution in [3.8, 4) is 50.2 Å². The van der Waals surface area contributed by atoms with Crippen molar-refractivity contribution >= 4 is 71.6 Å². The molecule has 0 atom stereocenters. The topological polar surface area (TPSA) is 21.3 Å². The third-order valence-electron chi connectivity index (χ3n) is 13.4. The third kappa shape index (κ3) is 6.67. The molecule has 0 N–H and O–H groups in total. The Hall–Kier alpha value is -8.92. The lowest BCUT2D eigenvalue weighted by atomic mass is 9.97. The van der Waals surface area contributed by atoms with Gasteiger partial charge in [-0.1, -0.05) is 182 Å². The summed E-state index contributed by atoms with van der Waals surface area (Å²) in [6.45, 7) is 0. The number of hydrogen-bond acceptors (Lipinski definition) is 2. The molecule has 0 saturated heterocycles. The van der Waals surface area contributed by atoms with Crippen LogP contribution in [0.5, 0.6) is 0 Å². The van der Waals surface area contributed by atoms with E-state index >= 15 is 0 Å². The molecule has 0 aliphatic carbocycles. The molecule has 67 heavy (non-hydrogen) atoms. The maximum Gasteiger partial charge on any atom is 0.143 e. The average molecular weight is 855 g/mol. The van der Waals surface area contributed by atoms with E-state index in [9.17, 15) is 0 Å². The number of hydrogen-bond donors (Lipinski definition) is 0. The van der Waals surface area contributed by atoms with Crippen molar-refractivity contribution in [3.05, 3.63) is 255 Å². The summed E-state index contributed by atoms with van der Waals surface area (Å²) < 4.78 is 8.95. The van der Waals surface area contributed by atoms with Gasteiger partial charge in [-0.15, -0.1) is 0 Å². The van der Waals surface area contributed by atoms with Gasteiger partial charge in [-0.2, -0.15) is 0 Å². The fourth-order valence-corrected chi connectivity index (χ4v) is 10.1. The Morgan fingerprint density at radius 1 is 0.313 bits per heavy atom. The number of rotatable bonds is 8. The minimum Gasteiger partial charge on any atom is -0.455 e. The summed E-state index contributed by atoms with van der Waals surface area (Å²) in [5, 5.41) is 7.09. The zero-order chi connectivity index (χ0) is 44.3. The molecule has 2 heterocycles. The zero-order valence-electron chi connectivity index (χ0n) is 36.6. The number of anilines is 3. The SMILES string of the molecule is c1ccc(-c2ccc(-c3ccc(N(c4ccc(-c5cccc(-n6c7ccccc7c7ccccc76)c5)cc4)c4ccc(-c5cccc6oc7c8ccccc8ccc7c56)cc4)cc3)cc2)cc1. The predicted molar refractivity (Wildman–Crippen MR) is 282 cm³/mol. The van der Waals surface area contributed by atoms with Gasteiger partial charge in [0.25, 0.3) is 0 Å². The third-order valence-corrected chi connectivity index (χ3v) is 13.4. The molecule has 0 unspecified atom stereocenters. The molecule has 0 saturated carbocycles. The summed E-state index contributed by atoms with van der Waals surface area (Å²) >= 11 is 0. The van der Waals surface area contributed by atoms with Crippen molar-refractivity contribution < 1.29 is 4.42 Å². The van der Waals surface area contributed by atoms with Crippen LogP contribution in [-0.2, 0) is 0 Å². The van der Waals surface area contributed by atoms with Gasteiger partial charge in [0.2, 0.25) is 0 Å². The van der Waals surface area contributed by atoms with E-state index in [1.807, 2.05) is 0 Å². The van der Waals surface area contributed by atoms with Gasteiger partial charge in [0.05, 0.1) is 11.0 Å². The Labute approximate surface area is 388 Å². The van der Waals surface area contributed by atoms with Crippen LogP contribution in [0.4, 0.5) is 17.1 Å². The monoisotopic (exact) mass is 854 g/mol. The Bertz CT molecular complexity index is 3880. The number of benzene rings is 11. The van der Waals surface area contributed by atoms with Gasteiger partial charge < -0.3 is 13.9 Å². The predicted octanol–water partition coefficient (Wildman–Crippen LogP) is 18.0. The molecule has 13 rings (SSSR count). The van der Waals surface area contributed by atoms with Crippen molar-refractivity contribution in [1.82, 2.24) is 4.57 Å². The van der Waals surface area contributed by atoms with Gasteiger partial charge in [-0.05, 0) is 123 Å². The van der Waals surface area contributed by atoms with Crippen LogP contribution >= 0.6 is 0 Å². The average Bonchev–Trinajstić information content (AvgIpc) is 3.96. The van der Waals surface area contributed by atoms with Crippen LogP contribution in [0.1, 0.15) is 0 Å². The smallest absolute Gasteiger partial charge is 0.143 e.